The van der Waals surface area contributed by atoms with E-state index in [4.69, 9.17) is 14.2 Å². The number of hydrogen-bond donors (Lipinski definition) is 0. The molecule has 2 aliphatic rings. The Morgan fingerprint density at radius 1 is 0.667 bits per heavy atom. The molecule has 0 atom stereocenters. The van der Waals surface area contributed by atoms with Crippen LogP contribution in [0, 0.1) is 23.7 Å². The van der Waals surface area contributed by atoms with Crippen molar-refractivity contribution < 1.29 is 28.6 Å². The SMILES string of the molecule is CC(=O)OCCC1CCC(COC(=O)[C@H]2CC[C@@H](COC(C)=O)CC2)CC1. The van der Waals surface area contributed by atoms with Gasteiger partial charge >= 0.3 is 17.9 Å². The topological polar surface area (TPSA) is 78.9 Å². The van der Waals surface area contributed by atoms with Crippen molar-refractivity contribution in [3.63, 3.8) is 0 Å². The largest absolute Gasteiger partial charge is 0.466 e. The van der Waals surface area contributed by atoms with Gasteiger partial charge in [0.25, 0.3) is 0 Å². The van der Waals surface area contributed by atoms with Gasteiger partial charge in [0, 0.05) is 13.8 Å². The van der Waals surface area contributed by atoms with Crippen LogP contribution in [0.3, 0.4) is 0 Å². The van der Waals surface area contributed by atoms with Gasteiger partial charge in [-0.3, -0.25) is 14.4 Å². The first kappa shape index (κ1) is 21.7. The zero-order chi connectivity index (χ0) is 19.6. The summed E-state index contributed by atoms with van der Waals surface area (Å²) in [5.74, 6) is 0.938. The van der Waals surface area contributed by atoms with E-state index in [1.807, 2.05) is 0 Å². The molecule has 0 bridgehead atoms. The van der Waals surface area contributed by atoms with E-state index in [1.165, 1.54) is 13.8 Å². The minimum atomic E-state index is -0.238. The van der Waals surface area contributed by atoms with Crippen molar-refractivity contribution >= 4 is 17.9 Å². The molecule has 6 heteroatoms. The molecule has 0 heterocycles. The van der Waals surface area contributed by atoms with E-state index in [0.717, 1.165) is 57.8 Å². The Morgan fingerprint density at radius 2 is 1.15 bits per heavy atom. The Balaban J connectivity index is 1.56. The molecular weight excluding hydrogens is 348 g/mol. The molecule has 0 amide bonds. The highest BCUT2D eigenvalue weighted by atomic mass is 16.5. The van der Waals surface area contributed by atoms with E-state index < -0.39 is 0 Å². The molecule has 2 saturated carbocycles. The quantitative estimate of drug-likeness (QED) is 0.471. The number of rotatable bonds is 8. The first-order valence-corrected chi connectivity index (χ1v) is 10.4. The highest BCUT2D eigenvalue weighted by Crippen LogP contribution is 2.33. The Labute approximate surface area is 162 Å². The maximum Gasteiger partial charge on any atom is 0.308 e. The molecular formula is C21H34O6. The van der Waals surface area contributed by atoms with Crippen molar-refractivity contribution in [3.05, 3.63) is 0 Å². The van der Waals surface area contributed by atoms with Gasteiger partial charge < -0.3 is 14.2 Å². The van der Waals surface area contributed by atoms with Crippen LogP contribution in [0.1, 0.15) is 71.6 Å². The number of carbonyl (C=O) groups is 3. The molecule has 2 rings (SSSR count). The predicted octanol–water partition coefficient (Wildman–Crippen LogP) is 3.66. The summed E-state index contributed by atoms with van der Waals surface area (Å²) in [6.07, 6.45) is 8.81. The van der Waals surface area contributed by atoms with Crippen molar-refractivity contribution in [3.8, 4) is 0 Å². The first-order valence-electron chi connectivity index (χ1n) is 10.4. The summed E-state index contributed by atoms with van der Waals surface area (Å²) in [6, 6.07) is 0. The summed E-state index contributed by atoms with van der Waals surface area (Å²) in [5, 5.41) is 0. The van der Waals surface area contributed by atoms with Gasteiger partial charge in [-0.25, -0.2) is 0 Å². The first-order chi connectivity index (χ1) is 12.9. The van der Waals surface area contributed by atoms with Gasteiger partial charge in [-0.2, -0.15) is 0 Å². The van der Waals surface area contributed by atoms with Crippen molar-refractivity contribution in [2.45, 2.75) is 71.6 Å². The summed E-state index contributed by atoms with van der Waals surface area (Å²) >= 11 is 0. The minimum absolute atomic E-state index is 0.00125. The predicted molar refractivity (Wildman–Crippen MR) is 99.7 cm³/mol. The average molecular weight is 382 g/mol. The summed E-state index contributed by atoms with van der Waals surface area (Å²) in [5.41, 5.74) is 0. The van der Waals surface area contributed by atoms with Crippen LogP contribution in [0.2, 0.25) is 0 Å². The minimum Gasteiger partial charge on any atom is -0.466 e. The van der Waals surface area contributed by atoms with Crippen LogP contribution >= 0.6 is 0 Å². The maximum atomic E-state index is 12.3. The number of esters is 3. The Hall–Kier alpha value is -1.59. The standard InChI is InChI=1S/C21H34O6/c1-15(22)25-12-11-17-3-5-18(6-4-17)14-27-21(24)20-9-7-19(8-10-20)13-26-16(2)23/h17-20H,3-14H2,1-2H3/t17?,18?,19-,20+. The molecule has 0 spiro atoms. The molecule has 0 aromatic carbocycles. The molecule has 0 saturated heterocycles. The van der Waals surface area contributed by atoms with Gasteiger partial charge in [-0.1, -0.05) is 0 Å². The molecule has 2 aliphatic carbocycles. The molecule has 0 unspecified atom stereocenters. The van der Waals surface area contributed by atoms with Crippen molar-refractivity contribution in [1.82, 2.24) is 0 Å². The molecule has 27 heavy (non-hydrogen) atoms. The lowest BCUT2D eigenvalue weighted by molar-refractivity contribution is -0.153. The van der Waals surface area contributed by atoms with E-state index in [-0.39, 0.29) is 23.8 Å². The zero-order valence-electron chi connectivity index (χ0n) is 16.7. The van der Waals surface area contributed by atoms with Crippen LogP contribution in [-0.4, -0.2) is 37.7 Å². The summed E-state index contributed by atoms with van der Waals surface area (Å²) < 4.78 is 15.7. The van der Waals surface area contributed by atoms with Gasteiger partial charge in [0.05, 0.1) is 25.7 Å². The van der Waals surface area contributed by atoms with Crippen LogP contribution in [0.5, 0.6) is 0 Å². The van der Waals surface area contributed by atoms with Gasteiger partial charge in [0.2, 0.25) is 0 Å². The maximum absolute atomic E-state index is 12.3. The average Bonchev–Trinajstić information content (AvgIpc) is 2.65. The van der Waals surface area contributed by atoms with E-state index >= 15 is 0 Å². The van der Waals surface area contributed by atoms with E-state index in [1.54, 1.807) is 0 Å². The van der Waals surface area contributed by atoms with Gasteiger partial charge in [0.15, 0.2) is 0 Å². The van der Waals surface area contributed by atoms with Gasteiger partial charge in [-0.15, -0.1) is 0 Å². The third-order valence-corrected chi connectivity index (χ3v) is 5.96. The molecule has 0 aromatic heterocycles. The highest BCUT2D eigenvalue weighted by Gasteiger charge is 2.29. The lowest BCUT2D eigenvalue weighted by atomic mass is 9.81. The lowest BCUT2D eigenvalue weighted by Gasteiger charge is -2.30. The third kappa shape index (κ3) is 8.31. The Morgan fingerprint density at radius 3 is 1.70 bits per heavy atom. The van der Waals surface area contributed by atoms with Crippen molar-refractivity contribution in [2.75, 3.05) is 19.8 Å². The zero-order valence-corrected chi connectivity index (χ0v) is 16.7. The second-order valence-electron chi connectivity index (χ2n) is 8.17. The van der Waals surface area contributed by atoms with Crippen LogP contribution in [0.15, 0.2) is 0 Å². The highest BCUT2D eigenvalue weighted by molar-refractivity contribution is 5.72. The van der Waals surface area contributed by atoms with Crippen molar-refractivity contribution in [2.24, 2.45) is 23.7 Å². The van der Waals surface area contributed by atoms with E-state index in [2.05, 4.69) is 0 Å². The fraction of sp³-hybridized carbons (Fsp3) is 0.857. The van der Waals surface area contributed by atoms with Crippen LogP contribution in [0.25, 0.3) is 0 Å². The Kier molecular flexibility index (Phi) is 9.08. The van der Waals surface area contributed by atoms with Crippen LogP contribution < -0.4 is 0 Å². The van der Waals surface area contributed by atoms with Gasteiger partial charge in [-0.05, 0) is 75.5 Å². The summed E-state index contributed by atoms with van der Waals surface area (Å²) in [4.78, 5) is 34.0. The monoisotopic (exact) mass is 382 g/mol. The summed E-state index contributed by atoms with van der Waals surface area (Å²) in [7, 11) is 0. The second-order valence-corrected chi connectivity index (χ2v) is 8.17. The lowest BCUT2D eigenvalue weighted by Crippen LogP contribution is -2.28. The number of ether oxygens (including phenoxy) is 3. The molecule has 2 fully saturated rings. The van der Waals surface area contributed by atoms with E-state index in [0.29, 0.717) is 37.6 Å². The molecule has 0 N–H and O–H groups in total. The molecule has 154 valence electrons. The molecule has 6 nitrogen and oxygen atoms in total. The summed E-state index contributed by atoms with van der Waals surface area (Å²) in [6.45, 7) is 4.38. The smallest absolute Gasteiger partial charge is 0.308 e. The van der Waals surface area contributed by atoms with Gasteiger partial charge in [0.1, 0.15) is 0 Å². The van der Waals surface area contributed by atoms with Crippen LogP contribution in [0.4, 0.5) is 0 Å². The Bertz CT molecular complexity index is 487. The third-order valence-electron chi connectivity index (χ3n) is 5.96. The van der Waals surface area contributed by atoms with Crippen LogP contribution in [-0.2, 0) is 28.6 Å². The number of hydrogen-bond acceptors (Lipinski definition) is 6. The molecule has 0 radical (unpaired) electrons. The number of carbonyl (C=O) groups excluding carboxylic acids is 3. The normalized spacial score (nSPS) is 28.2. The molecule has 0 aliphatic heterocycles. The van der Waals surface area contributed by atoms with E-state index in [9.17, 15) is 14.4 Å². The molecule has 0 aromatic rings. The fourth-order valence-corrected chi connectivity index (χ4v) is 4.17. The second kappa shape index (κ2) is 11.3. The fourth-order valence-electron chi connectivity index (χ4n) is 4.17. The van der Waals surface area contributed by atoms with Crippen molar-refractivity contribution in [1.29, 1.82) is 0 Å².